The van der Waals surface area contributed by atoms with Gasteiger partial charge < -0.3 is 19.7 Å². The molecule has 1 aliphatic heterocycles. The predicted molar refractivity (Wildman–Crippen MR) is 180 cm³/mol. The zero-order valence-electron chi connectivity index (χ0n) is 25.7. The Balaban J connectivity index is 1.45. The average Bonchev–Trinajstić information content (AvgIpc) is 3.05. The van der Waals surface area contributed by atoms with E-state index in [0.717, 1.165) is 42.9 Å². The van der Waals surface area contributed by atoms with E-state index in [1.165, 1.54) is 11.0 Å². The minimum absolute atomic E-state index is 0.0148. The van der Waals surface area contributed by atoms with Crippen LogP contribution >= 0.6 is 34.8 Å². The number of anilines is 1. The summed E-state index contributed by atoms with van der Waals surface area (Å²) in [6.07, 6.45) is 4.23. The van der Waals surface area contributed by atoms with Crippen molar-refractivity contribution in [2.24, 2.45) is 0 Å². The molecule has 2 aliphatic rings. The molecule has 0 spiro atoms. The number of hydrogen-bond donors (Lipinski definition) is 1. The second-order valence-electron chi connectivity index (χ2n) is 11.7. The van der Waals surface area contributed by atoms with Gasteiger partial charge in [0.05, 0.1) is 18.8 Å². The maximum absolute atomic E-state index is 14.3. The second-order valence-corrected chi connectivity index (χ2v) is 14.0. The number of nitrogens with zero attached hydrogens (tertiary/aromatic N) is 2. The molecule has 5 rings (SSSR count). The Bertz CT molecular complexity index is 1580. The standard InChI is InChI=1S/C35H36Cl3F2N3O4/c36-35(37,38)33(45)41-34(22-25-6-2-1-3-7-25)13-5-8-26(23-34)24-43(32(44)27-11-12-30(39)31(40)20-27)28-9-4-10-29(21-28)47-19-16-42-14-17-46-18-15-42/h1-4,6-7,9-12,20-21,23H,5,8,13-19,22,24H2,(H,41,45). The van der Waals surface area contributed by atoms with Crippen LogP contribution in [0.25, 0.3) is 0 Å². The molecule has 0 bridgehead atoms. The number of morpholine rings is 1. The minimum Gasteiger partial charge on any atom is -0.492 e. The summed E-state index contributed by atoms with van der Waals surface area (Å²) < 4.78 is 37.4. The second kappa shape index (κ2) is 15.8. The van der Waals surface area contributed by atoms with E-state index >= 15 is 0 Å². The number of alkyl halides is 3. The summed E-state index contributed by atoms with van der Waals surface area (Å²) >= 11 is 17.9. The summed E-state index contributed by atoms with van der Waals surface area (Å²) in [6, 6.07) is 19.8. The number of rotatable bonds is 11. The van der Waals surface area contributed by atoms with Crippen molar-refractivity contribution in [2.75, 3.05) is 50.9 Å². The molecule has 0 saturated carbocycles. The molecule has 1 atom stereocenters. The summed E-state index contributed by atoms with van der Waals surface area (Å²) in [5.74, 6) is -2.89. The van der Waals surface area contributed by atoms with Crippen LogP contribution in [0.5, 0.6) is 5.75 Å². The van der Waals surface area contributed by atoms with E-state index in [2.05, 4.69) is 10.2 Å². The van der Waals surface area contributed by atoms with Gasteiger partial charge in [-0.3, -0.25) is 14.5 Å². The highest BCUT2D eigenvalue weighted by Crippen LogP contribution is 2.35. The van der Waals surface area contributed by atoms with Gasteiger partial charge in [-0.2, -0.15) is 0 Å². The van der Waals surface area contributed by atoms with Gasteiger partial charge in [-0.1, -0.05) is 82.9 Å². The zero-order valence-corrected chi connectivity index (χ0v) is 28.0. The van der Waals surface area contributed by atoms with Crippen LogP contribution in [0, 0.1) is 11.6 Å². The van der Waals surface area contributed by atoms with Crippen molar-refractivity contribution in [1.82, 2.24) is 10.2 Å². The molecule has 1 aliphatic carbocycles. The van der Waals surface area contributed by atoms with Crippen LogP contribution in [0.4, 0.5) is 14.5 Å². The maximum Gasteiger partial charge on any atom is 0.272 e. The first kappa shape index (κ1) is 35.1. The van der Waals surface area contributed by atoms with Gasteiger partial charge in [-0.15, -0.1) is 0 Å². The van der Waals surface area contributed by atoms with Gasteiger partial charge in [-0.25, -0.2) is 8.78 Å². The van der Waals surface area contributed by atoms with Gasteiger partial charge >= 0.3 is 0 Å². The van der Waals surface area contributed by atoms with E-state index in [1.54, 1.807) is 24.3 Å². The van der Waals surface area contributed by atoms with Gasteiger partial charge in [0.2, 0.25) is 0 Å². The van der Waals surface area contributed by atoms with Crippen molar-refractivity contribution in [2.45, 2.75) is 35.0 Å². The molecule has 7 nitrogen and oxygen atoms in total. The zero-order chi connectivity index (χ0) is 33.4. The predicted octanol–water partition coefficient (Wildman–Crippen LogP) is 6.90. The molecule has 3 aromatic rings. The quantitative estimate of drug-likeness (QED) is 0.174. The smallest absolute Gasteiger partial charge is 0.272 e. The Hall–Kier alpha value is -3.21. The number of amides is 2. The molecule has 1 saturated heterocycles. The van der Waals surface area contributed by atoms with Crippen molar-refractivity contribution in [3.8, 4) is 5.75 Å². The molecule has 1 fully saturated rings. The summed E-state index contributed by atoms with van der Waals surface area (Å²) in [5.41, 5.74) is 1.39. The topological polar surface area (TPSA) is 71.1 Å². The number of nitrogens with one attached hydrogen (secondary N) is 1. The first-order valence-electron chi connectivity index (χ1n) is 15.5. The fourth-order valence-corrected chi connectivity index (χ4v) is 6.10. The molecule has 1 N–H and O–H groups in total. The highest BCUT2D eigenvalue weighted by atomic mass is 35.6. The average molecular weight is 707 g/mol. The Labute approximate surface area is 288 Å². The van der Waals surface area contributed by atoms with Gasteiger partial charge in [0.25, 0.3) is 15.6 Å². The van der Waals surface area contributed by atoms with Crippen molar-refractivity contribution in [1.29, 1.82) is 0 Å². The molecular weight excluding hydrogens is 671 g/mol. The Morgan fingerprint density at radius 2 is 1.74 bits per heavy atom. The van der Waals surface area contributed by atoms with E-state index in [-0.39, 0.29) is 12.1 Å². The molecule has 3 aromatic carbocycles. The lowest BCUT2D eigenvalue weighted by Gasteiger charge is -2.38. The van der Waals surface area contributed by atoms with Crippen molar-refractivity contribution >= 4 is 52.3 Å². The van der Waals surface area contributed by atoms with Gasteiger partial charge in [0, 0.05) is 43.5 Å². The van der Waals surface area contributed by atoms with Crippen LogP contribution in [0.3, 0.4) is 0 Å². The first-order valence-corrected chi connectivity index (χ1v) is 16.6. The van der Waals surface area contributed by atoms with Crippen LogP contribution in [0.15, 0.2) is 84.4 Å². The first-order chi connectivity index (χ1) is 22.5. The normalized spacial score (nSPS) is 18.7. The Kier molecular flexibility index (Phi) is 11.8. The summed E-state index contributed by atoms with van der Waals surface area (Å²) in [7, 11) is 0. The molecule has 250 valence electrons. The van der Waals surface area contributed by atoms with Gasteiger partial charge in [-0.05, 0) is 61.6 Å². The molecule has 0 aromatic heterocycles. The summed E-state index contributed by atoms with van der Waals surface area (Å²) in [4.78, 5) is 30.7. The van der Waals surface area contributed by atoms with Crippen LogP contribution in [-0.2, 0) is 16.0 Å². The maximum atomic E-state index is 14.3. The van der Waals surface area contributed by atoms with Crippen molar-refractivity contribution in [3.63, 3.8) is 0 Å². The molecule has 0 radical (unpaired) electrons. The molecule has 1 unspecified atom stereocenters. The molecule has 1 heterocycles. The summed E-state index contributed by atoms with van der Waals surface area (Å²) in [5, 5.41) is 2.96. The molecular formula is C35H36Cl3F2N3O4. The van der Waals surface area contributed by atoms with Crippen LogP contribution in [-0.4, -0.2) is 72.0 Å². The lowest BCUT2D eigenvalue weighted by atomic mass is 9.79. The number of carbonyl (C=O) groups excluding carboxylic acids is 2. The fraction of sp³-hybridized carbons (Fsp3) is 0.371. The van der Waals surface area contributed by atoms with Crippen LogP contribution in [0.2, 0.25) is 0 Å². The van der Waals surface area contributed by atoms with Gasteiger partial charge in [0.15, 0.2) is 11.6 Å². The van der Waals surface area contributed by atoms with Crippen LogP contribution < -0.4 is 15.0 Å². The molecule has 47 heavy (non-hydrogen) atoms. The van der Waals surface area contributed by atoms with Crippen molar-refractivity contribution < 1.29 is 27.8 Å². The number of halogens is 5. The summed E-state index contributed by atoms with van der Waals surface area (Å²) in [6.45, 7) is 4.32. The largest absolute Gasteiger partial charge is 0.492 e. The van der Waals surface area contributed by atoms with E-state index < -0.39 is 32.8 Å². The van der Waals surface area contributed by atoms with Gasteiger partial charge in [0.1, 0.15) is 12.4 Å². The molecule has 2 amide bonds. The number of carbonyl (C=O) groups is 2. The fourth-order valence-electron chi connectivity index (χ4n) is 5.96. The van der Waals surface area contributed by atoms with E-state index in [0.29, 0.717) is 56.9 Å². The third-order valence-electron chi connectivity index (χ3n) is 8.27. The minimum atomic E-state index is -2.17. The van der Waals surface area contributed by atoms with E-state index in [9.17, 15) is 18.4 Å². The lowest BCUT2D eigenvalue weighted by Crippen LogP contribution is -2.53. The van der Waals surface area contributed by atoms with Crippen LogP contribution in [0.1, 0.15) is 35.2 Å². The third kappa shape index (κ3) is 9.67. The Morgan fingerprint density at radius 3 is 2.47 bits per heavy atom. The highest BCUT2D eigenvalue weighted by molar-refractivity contribution is 6.76. The SMILES string of the molecule is O=C(c1ccc(F)c(F)c1)N(CC1=CC(Cc2ccccc2)(NC(=O)C(Cl)(Cl)Cl)CCC1)c1cccc(OCCN2CCOCC2)c1. The van der Waals surface area contributed by atoms with E-state index in [4.69, 9.17) is 44.3 Å². The Morgan fingerprint density at radius 1 is 0.979 bits per heavy atom. The highest BCUT2D eigenvalue weighted by Gasteiger charge is 2.39. The van der Waals surface area contributed by atoms with Crippen molar-refractivity contribution in [3.05, 3.63) is 107 Å². The number of hydrogen-bond acceptors (Lipinski definition) is 5. The number of ether oxygens (including phenoxy) is 2. The third-order valence-corrected chi connectivity index (χ3v) is 8.78. The lowest BCUT2D eigenvalue weighted by molar-refractivity contribution is -0.121. The number of benzene rings is 3. The monoisotopic (exact) mass is 705 g/mol. The van der Waals surface area contributed by atoms with E-state index in [1.807, 2.05) is 36.4 Å². The molecule has 12 heteroatoms.